The lowest BCUT2D eigenvalue weighted by Gasteiger charge is -2.31. The second-order valence-electron chi connectivity index (χ2n) is 5.93. The molecule has 0 N–H and O–H groups in total. The first-order valence-electron chi connectivity index (χ1n) is 6.96. The van der Waals surface area contributed by atoms with E-state index in [1.807, 2.05) is 32.9 Å². The van der Waals surface area contributed by atoms with Gasteiger partial charge in [-0.3, -0.25) is 9.88 Å². The van der Waals surface area contributed by atoms with E-state index < -0.39 is 11.7 Å². The number of azide groups is 1. The Balaban J connectivity index is 2.25. The maximum atomic E-state index is 12.6. The van der Waals surface area contributed by atoms with E-state index in [4.69, 9.17) is 10.3 Å². The van der Waals surface area contributed by atoms with E-state index >= 15 is 0 Å². The van der Waals surface area contributed by atoms with Crippen molar-refractivity contribution in [3.63, 3.8) is 0 Å². The standard InChI is InChI=1S/C14H19N5O2S/c1-14(2,3)21-13(20)19-11(8-17-18-15)9-22-12(19)10-5-4-6-16-7-10/h4-7,11-12H,8-9H2,1-3H3. The van der Waals surface area contributed by atoms with Crippen molar-refractivity contribution >= 4 is 17.9 Å². The molecule has 1 fully saturated rings. The number of thioether (sulfide) groups is 1. The minimum atomic E-state index is -0.577. The van der Waals surface area contributed by atoms with Crippen molar-refractivity contribution in [3.05, 3.63) is 40.5 Å². The Kier molecular flexibility index (Phi) is 5.15. The van der Waals surface area contributed by atoms with E-state index in [0.717, 1.165) is 5.56 Å². The maximum absolute atomic E-state index is 12.6. The molecular weight excluding hydrogens is 302 g/mol. The molecule has 0 spiro atoms. The molecule has 0 aliphatic carbocycles. The molecule has 0 aromatic carbocycles. The molecule has 1 aliphatic rings. The third-order valence-electron chi connectivity index (χ3n) is 3.02. The van der Waals surface area contributed by atoms with Gasteiger partial charge in [-0.25, -0.2) is 4.79 Å². The monoisotopic (exact) mass is 321 g/mol. The van der Waals surface area contributed by atoms with Crippen molar-refractivity contribution in [2.75, 3.05) is 12.3 Å². The van der Waals surface area contributed by atoms with Gasteiger partial charge in [0, 0.05) is 35.2 Å². The molecule has 2 unspecified atom stereocenters. The van der Waals surface area contributed by atoms with Gasteiger partial charge in [-0.15, -0.1) is 11.8 Å². The zero-order valence-corrected chi connectivity index (χ0v) is 13.7. The van der Waals surface area contributed by atoms with Gasteiger partial charge in [-0.05, 0) is 32.4 Å². The largest absolute Gasteiger partial charge is 0.444 e. The van der Waals surface area contributed by atoms with Crippen LogP contribution in [0.25, 0.3) is 10.4 Å². The fourth-order valence-electron chi connectivity index (χ4n) is 2.16. The molecule has 2 rings (SSSR count). The summed E-state index contributed by atoms with van der Waals surface area (Å²) in [4.78, 5) is 21.1. The zero-order valence-electron chi connectivity index (χ0n) is 12.8. The summed E-state index contributed by atoms with van der Waals surface area (Å²) in [6.07, 6.45) is 3.04. The van der Waals surface area contributed by atoms with Crippen molar-refractivity contribution in [2.24, 2.45) is 5.11 Å². The quantitative estimate of drug-likeness (QED) is 0.481. The number of ether oxygens (including phenoxy) is 1. The molecule has 1 aromatic heterocycles. The van der Waals surface area contributed by atoms with E-state index in [2.05, 4.69) is 15.0 Å². The third kappa shape index (κ3) is 4.05. The minimum absolute atomic E-state index is 0.178. The van der Waals surface area contributed by atoms with Crippen LogP contribution in [0.15, 0.2) is 29.6 Å². The zero-order chi connectivity index (χ0) is 16.2. The van der Waals surface area contributed by atoms with E-state index in [1.54, 1.807) is 29.1 Å². The normalized spacial score (nSPS) is 21.3. The van der Waals surface area contributed by atoms with Crippen LogP contribution in [0.1, 0.15) is 31.7 Å². The second kappa shape index (κ2) is 6.89. The Bertz CT molecular complexity index is 568. The molecule has 1 amide bonds. The number of amides is 1. The molecule has 2 atom stereocenters. The van der Waals surface area contributed by atoms with Gasteiger partial charge >= 0.3 is 6.09 Å². The van der Waals surface area contributed by atoms with Gasteiger partial charge in [0.1, 0.15) is 11.0 Å². The molecule has 8 heteroatoms. The fourth-order valence-corrected chi connectivity index (χ4v) is 3.59. The number of hydrogen-bond donors (Lipinski definition) is 0. The lowest BCUT2D eigenvalue weighted by atomic mass is 10.2. The highest BCUT2D eigenvalue weighted by molar-refractivity contribution is 7.99. The van der Waals surface area contributed by atoms with Crippen LogP contribution >= 0.6 is 11.8 Å². The van der Waals surface area contributed by atoms with Crippen molar-refractivity contribution in [1.82, 2.24) is 9.88 Å². The molecule has 0 bridgehead atoms. The Morgan fingerprint density at radius 2 is 2.41 bits per heavy atom. The highest BCUT2D eigenvalue weighted by atomic mass is 32.2. The first kappa shape index (κ1) is 16.5. The molecule has 22 heavy (non-hydrogen) atoms. The van der Waals surface area contributed by atoms with Crippen LogP contribution in [0.4, 0.5) is 4.79 Å². The van der Waals surface area contributed by atoms with Crippen LogP contribution in [0, 0.1) is 0 Å². The van der Waals surface area contributed by atoms with E-state index in [9.17, 15) is 4.79 Å². The summed E-state index contributed by atoms with van der Waals surface area (Å²) < 4.78 is 5.50. The van der Waals surface area contributed by atoms with Gasteiger partial charge < -0.3 is 4.74 Å². The molecule has 0 saturated carbocycles. The van der Waals surface area contributed by atoms with Gasteiger partial charge in [0.2, 0.25) is 0 Å². The van der Waals surface area contributed by atoms with Gasteiger partial charge in [-0.2, -0.15) is 0 Å². The molecule has 118 valence electrons. The van der Waals surface area contributed by atoms with Crippen LogP contribution in [-0.2, 0) is 4.74 Å². The molecule has 7 nitrogen and oxygen atoms in total. The first-order chi connectivity index (χ1) is 10.4. The average molecular weight is 321 g/mol. The van der Waals surface area contributed by atoms with E-state index in [1.165, 1.54) is 0 Å². The smallest absolute Gasteiger partial charge is 0.411 e. The van der Waals surface area contributed by atoms with Crippen molar-refractivity contribution in [3.8, 4) is 0 Å². The number of nitrogens with zero attached hydrogens (tertiary/aromatic N) is 5. The van der Waals surface area contributed by atoms with Crippen LogP contribution in [-0.4, -0.2) is 39.9 Å². The number of carbonyl (C=O) groups is 1. The van der Waals surface area contributed by atoms with Gasteiger partial charge in [-0.1, -0.05) is 11.2 Å². The van der Waals surface area contributed by atoms with Crippen molar-refractivity contribution in [1.29, 1.82) is 0 Å². The lowest BCUT2D eigenvalue weighted by Crippen LogP contribution is -2.43. The third-order valence-corrected chi connectivity index (χ3v) is 4.41. The summed E-state index contributed by atoms with van der Waals surface area (Å²) in [5, 5.41) is 3.43. The predicted molar refractivity (Wildman–Crippen MR) is 85.3 cm³/mol. The molecule has 2 heterocycles. The highest BCUT2D eigenvalue weighted by Crippen LogP contribution is 2.41. The molecule has 1 aromatic rings. The summed E-state index contributed by atoms with van der Waals surface area (Å²) in [5.74, 6) is 0.692. The van der Waals surface area contributed by atoms with Crippen LogP contribution in [0.3, 0.4) is 0 Å². The topological polar surface area (TPSA) is 91.2 Å². The predicted octanol–water partition coefficient (Wildman–Crippen LogP) is 3.74. The number of aromatic nitrogens is 1. The average Bonchev–Trinajstić information content (AvgIpc) is 2.88. The summed E-state index contributed by atoms with van der Waals surface area (Å²) in [6.45, 7) is 5.72. The lowest BCUT2D eigenvalue weighted by molar-refractivity contribution is 0.0180. The SMILES string of the molecule is CC(C)(C)OC(=O)N1C(CN=[N+]=[N-])CSC1c1cccnc1. The summed E-state index contributed by atoms with van der Waals surface area (Å²) in [7, 11) is 0. The second-order valence-corrected chi connectivity index (χ2v) is 7.04. The van der Waals surface area contributed by atoms with Crippen LogP contribution < -0.4 is 0 Å². The van der Waals surface area contributed by atoms with E-state index in [-0.39, 0.29) is 18.0 Å². The van der Waals surface area contributed by atoms with Gasteiger partial charge in [0.05, 0.1) is 6.04 Å². The Morgan fingerprint density at radius 3 is 3.00 bits per heavy atom. The highest BCUT2D eigenvalue weighted by Gasteiger charge is 2.40. The van der Waals surface area contributed by atoms with Gasteiger partial charge in [0.25, 0.3) is 0 Å². The summed E-state index contributed by atoms with van der Waals surface area (Å²) in [6, 6.07) is 3.59. The molecule has 1 saturated heterocycles. The number of pyridine rings is 1. The molecular formula is C14H19N5O2S. The molecule has 1 aliphatic heterocycles. The maximum Gasteiger partial charge on any atom is 0.411 e. The van der Waals surface area contributed by atoms with Crippen molar-refractivity contribution < 1.29 is 9.53 Å². The Labute approximate surface area is 133 Å². The number of carbonyl (C=O) groups excluding carboxylic acids is 1. The summed E-state index contributed by atoms with van der Waals surface area (Å²) in [5.41, 5.74) is 8.88. The van der Waals surface area contributed by atoms with Gasteiger partial charge in [0.15, 0.2) is 0 Å². The summed E-state index contributed by atoms with van der Waals surface area (Å²) >= 11 is 1.62. The Hall–Kier alpha value is -1.92. The minimum Gasteiger partial charge on any atom is -0.444 e. The fraction of sp³-hybridized carbons (Fsp3) is 0.571. The van der Waals surface area contributed by atoms with Crippen molar-refractivity contribution in [2.45, 2.75) is 37.8 Å². The number of rotatable bonds is 3. The van der Waals surface area contributed by atoms with Crippen LogP contribution in [0.5, 0.6) is 0 Å². The van der Waals surface area contributed by atoms with Crippen LogP contribution in [0.2, 0.25) is 0 Å². The van der Waals surface area contributed by atoms with E-state index in [0.29, 0.717) is 5.75 Å². The number of hydrogen-bond acceptors (Lipinski definition) is 5. The Morgan fingerprint density at radius 1 is 1.64 bits per heavy atom. The first-order valence-corrected chi connectivity index (χ1v) is 8.01. The molecule has 0 radical (unpaired) electrons.